The molecule has 8 heteroatoms. The molecule has 3 nitrogen and oxygen atoms in total. The van der Waals surface area contributed by atoms with Crippen molar-refractivity contribution in [2.45, 2.75) is 0 Å². The molecule has 2 N–H and O–H groups in total. The number of fused-ring (bicyclic) bond motifs is 1. The summed E-state index contributed by atoms with van der Waals surface area (Å²) in [6.07, 6.45) is 3.39. The lowest BCUT2D eigenvalue weighted by Gasteiger charge is -2.11. The summed E-state index contributed by atoms with van der Waals surface area (Å²) in [5.74, 6) is -0.782. The standard InChI is InChI=1S/C16H11BrF2N2OS.HI/c1-23-16(20)10-6-8(2-3-11(10)18)22-15-12(19)7-13-9(14(15)17)4-5-21-13;/h2-7,20-21H,1H3;1H. The second-order valence-electron chi connectivity index (χ2n) is 4.72. The molecule has 24 heavy (non-hydrogen) atoms. The first kappa shape index (κ1) is 19.2. The predicted molar refractivity (Wildman–Crippen MR) is 108 cm³/mol. The molecule has 0 aliphatic heterocycles. The van der Waals surface area contributed by atoms with Crippen LogP contribution in [-0.2, 0) is 0 Å². The Morgan fingerprint density at radius 3 is 2.67 bits per heavy atom. The van der Waals surface area contributed by atoms with Crippen LogP contribution in [0.1, 0.15) is 5.56 Å². The molecule has 0 atom stereocenters. The van der Waals surface area contributed by atoms with Crippen LogP contribution < -0.4 is 4.74 Å². The molecule has 0 saturated heterocycles. The topological polar surface area (TPSA) is 48.9 Å². The van der Waals surface area contributed by atoms with Crippen molar-refractivity contribution in [2.24, 2.45) is 0 Å². The van der Waals surface area contributed by atoms with Crippen LogP contribution in [0.3, 0.4) is 0 Å². The van der Waals surface area contributed by atoms with E-state index in [0.29, 0.717) is 9.99 Å². The summed E-state index contributed by atoms with van der Waals surface area (Å²) in [5.41, 5.74) is 0.764. The maximum atomic E-state index is 14.3. The molecule has 0 aliphatic carbocycles. The van der Waals surface area contributed by atoms with Crippen LogP contribution in [-0.4, -0.2) is 16.3 Å². The van der Waals surface area contributed by atoms with Crippen molar-refractivity contribution in [3.63, 3.8) is 0 Å². The van der Waals surface area contributed by atoms with E-state index in [9.17, 15) is 8.78 Å². The van der Waals surface area contributed by atoms with Crippen LogP contribution >= 0.6 is 51.7 Å². The van der Waals surface area contributed by atoms with Gasteiger partial charge in [-0.3, -0.25) is 5.41 Å². The fourth-order valence-electron chi connectivity index (χ4n) is 2.18. The monoisotopic (exact) mass is 524 g/mol. The number of H-pyrrole nitrogens is 1. The third-order valence-corrected chi connectivity index (χ3v) is 4.72. The van der Waals surface area contributed by atoms with E-state index < -0.39 is 11.6 Å². The van der Waals surface area contributed by atoms with Gasteiger partial charge >= 0.3 is 0 Å². The Kier molecular flexibility index (Phi) is 6.27. The van der Waals surface area contributed by atoms with E-state index >= 15 is 0 Å². The Labute approximate surface area is 166 Å². The van der Waals surface area contributed by atoms with E-state index in [2.05, 4.69) is 20.9 Å². The second kappa shape index (κ2) is 7.83. The maximum absolute atomic E-state index is 14.3. The summed E-state index contributed by atoms with van der Waals surface area (Å²) in [5, 5.41) is 8.60. The molecule has 3 aromatic rings. The van der Waals surface area contributed by atoms with E-state index in [1.165, 1.54) is 24.3 Å². The van der Waals surface area contributed by atoms with Crippen molar-refractivity contribution in [1.29, 1.82) is 5.41 Å². The maximum Gasteiger partial charge on any atom is 0.177 e. The highest BCUT2D eigenvalue weighted by molar-refractivity contribution is 14.0. The summed E-state index contributed by atoms with van der Waals surface area (Å²) in [4.78, 5) is 2.93. The molecular weight excluding hydrogens is 513 g/mol. The number of halogens is 4. The number of hydrogen-bond donors (Lipinski definition) is 2. The zero-order valence-corrected chi connectivity index (χ0v) is 17.1. The molecule has 3 rings (SSSR count). The Hall–Kier alpha value is -1.13. The van der Waals surface area contributed by atoms with Crippen LogP contribution in [0, 0.1) is 17.0 Å². The summed E-state index contributed by atoms with van der Waals surface area (Å²) in [6, 6.07) is 7.13. The first-order chi connectivity index (χ1) is 11.0. The Morgan fingerprint density at radius 1 is 1.21 bits per heavy atom. The van der Waals surface area contributed by atoms with Crippen LogP contribution in [0.4, 0.5) is 8.78 Å². The van der Waals surface area contributed by atoms with E-state index in [1.807, 2.05) is 0 Å². The van der Waals surface area contributed by atoms with Gasteiger partial charge in [0, 0.05) is 28.7 Å². The molecule has 1 heterocycles. The molecule has 0 amide bonds. The van der Waals surface area contributed by atoms with Crippen LogP contribution in [0.2, 0.25) is 0 Å². The fraction of sp³-hybridized carbons (Fsp3) is 0.0625. The smallest absolute Gasteiger partial charge is 0.177 e. The molecule has 0 unspecified atom stereocenters. The highest BCUT2D eigenvalue weighted by Crippen LogP contribution is 2.38. The Balaban J connectivity index is 0.00000208. The Morgan fingerprint density at radius 2 is 1.96 bits per heavy atom. The number of rotatable bonds is 3. The molecule has 0 spiro atoms. The normalized spacial score (nSPS) is 10.5. The van der Waals surface area contributed by atoms with E-state index in [0.717, 1.165) is 17.1 Å². The first-order valence-corrected chi connectivity index (χ1v) is 8.58. The van der Waals surface area contributed by atoms with Gasteiger partial charge in [-0.2, -0.15) is 0 Å². The quantitative estimate of drug-likeness (QED) is 0.240. The summed E-state index contributed by atoms with van der Waals surface area (Å²) >= 11 is 4.46. The minimum atomic E-state index is -0.544. The van der Waals surface area contributed by atoms with Gasteiger partial charge in [-0.05, 0) is 46.5 Å². The van der Waals surface area contributed by atoms with Gasteiger partial charge in [0.05, 0.1) is 9.52 Å². The SMILES string of the molecule is CSC(=N)c1cc(Oc2c(F)cc3[nH]ccc3c2Br)ccc1F.I. The van der Waals surface area contributed by atoms with Crippen molar-refractivity contribution in [3.8, 4) is 11.5 Å². The third-order valence-electron chi connectivity index (χ3n) is 3.31. The molecule has 1 aromatic heterocycles. The number of nitrogens with one attached hydrogen (secondary N) is 2. The van der Waals surface area contributed by atoms with E-state index in [1.54, 1.807) is 18.5 Å². The first-order valence-electron chi connectivity index (χ1n) is 6.56. The number of aromatic amines is 1. The van der Waals surface area contributed by atoms with Gasteiger partial charge in [0.1, 0.15) is 11.6 Å². The lowest BCUT2D eigenvalue weighted by Crippen LogP contribution is -1.98. The zero-order valence-electron chi connectivity index (χ0n) is 12.3. The number of hydrogen-bond acceptors (Lipinski definition) is 3. The van der Waals surface area contributed by atoms with Gasteiger partial charge < -0.3 is 9.72 Å². The number of benzene rings is 2. The van der Waals surface area contributed by atoms with Gasteiger partial charge in [-0.15, -0.1) is 35.7 Å². The van der Waals surface area contributed by atoms with Gasteiger partial charge in [0.2, 0.25) is 0 Å². The highest BCUT2D eigenvalue weighted by atomic mass is 127. The average Bonchev–Trinajstić information content (AvgIpc) is 3.00. The molecule has 0 saturated carbocycles. The molecule has 0 aliphatic rings. The van der Waals surface area contributed by atoms with Gasteiger partial charge in [-0.1, -0.05) is 0 Å². The molecule has 0 radical (unpaired) electrons. The summed E-state index contributed by atoms with van der Waals surface area (Å²) < 4.78 is 34.1. The minimum absolute atomic E-state index is 0. The highest BCUT2D eigenvalue weighted by Gasteiger charge is 2.16. The van der Waals surface area contributed by atoms with Crippen molar-refractivity contribution < 1.29 is 13.5 Å². The average molecular weight is 525 g/mol. The summed E-state index contributed by atoms with van der Waals surface area (Å²) in [7, 11) is 0. The largest absolute Gasteiger partial charge is 0.453 e. The van der Waals surface area contributed by atoms with Crippen LogP contribution in [0.15, 0.2) is 41.0 Å². The van der Waals surface area contributed by atoms with Gasteiger partial charge in [-0.25, -0.2) is 8.78 Å². The lowest BCUT2D eigenvalue weighted by molar-refractivity contribution is 0.439. The van der Waals surface area contributed by atoms with Crippen molar-refractivity contribution in [3.05, 3.63) is 58.2 Å². The lowest BCUT2D eigenvalue weighted by atomic mass is 10.2. The molecule has 0 bridgehead atoms. The second-order valence-corrected chi connectivity index (χ2v) is 6.33. The zero-order chi connectivity index (χ0) is 16.6. The molecule has 0 fully saturated rings. The van der Waals surface area contributed by atoms with Crippen molar-refractivity contribution in [1.82, 2.24) is 4.98 Å². The minimum Gasteiger partial charge on any atom is -0.453 e. The molecule has 126 valence electrons. The molecule has 2 aromatic carbocycles. The fourth-order valence-corrected chi connectivity index (χ4v) is 3.17. The van der Waals surface area contributed by atoms with Crippen LogP contribution in [0.5, 0.6) is 11.5 Å². The van der Waals surface area contributed by atoms with E-state index in [4.69, 9.17) is 10.1 Å². The van der Waals surface area contributed by atoms with Crippen LogP contribution in [0.25, 0.3) is 10.9 Å². The van der Waals surface area contributed by atoms with Gasteiger partial charge in [0.25, 0.3) is 0 Å². The third kappa shape index (κ3) is 3.60. The number of aromatic nitrogens is 1. The van der Waals surface area contributed by atoms with E-state index in [-0.39, 0.29) is 46.1 Å². The predicted octanol–water partition coefficient (Wildman–Crippen LogP) is 6.31. The van der Waals surface area contributed by atoms with Crippen molar-refractivity contribution in [2.75, 3.05) is 6.26 Å². The number of thioether (sulfide) groups is 1. The number of ether oxygens (including phenoxy) is 1. The van der Waals surface area contributed by atoms with Gasteiger partial charge in [0.15, 0.2) is 11.6 Å². The van der Waals surface area contributed by atoms with Crippen molar-refractivity contribution >= 4 is 67.6 Å². The molecular formula is C16H12BrF2IN2OS. The summed E-state index contributed by atoms with van der Waals surface area (Å²) in [6.45, 7) is 0. The Bertz CT molecular complexity index is 916.